The summed E-state index contributed by atoms with van der Waals surface area (Å²) < 4.78 is 13.3. The molecule has 4 heterocycles. The minimum Gasteiger partial charge on any atom is -0.450 e. The van der Waals surface area contributed by atoms with Crippen LogP contribution in [0.1, 0.15) is 13.8 Å². The maximum atomic E-state index is 12.7. The zero-order valence-electron chi connectivity index (χ0n) is 16.8. The number of morpholine rings is 1. The number of amides is 1. The SMILES string of the molecule is CC1CN(C(=O)Cn2cc(Nc3ncnc4c3oc3ccccc34)cn2)CC(C)O1. The van der Waals surface area contributed by atoms with Crippen LogP contribution in [0.2, 0.25) is 0 Å². The number of nitrogens with one attached hydrogen (secondary N) is 1. The highest BCUT2D eigenvalue weighted by Crippen LogP contribution is 2.31. The zero-order valence-corrected chi connectivity index (χ0v) is 16.8. The van der Waals surface area contributed by atoms with Crippen LogP contribution < -0.4 is 5.32 Å². The molecule has 5 rings (SSSR count). The Kier molecular flexibility index (Phi) is 4.59. The van der Waals surface area contributed by atoms with Crippen molar-refractivity contribution in [2.75, 3.05) is 18.4 Å². The van der Waals surface area contributed by atoms with Gasteiger partial charge in [-0.05, 0) is 26.0 Å². The lowest BCUT2D eigenvalue weighted by atomic mass is 10.2. The van der Waals surface area contributed by atoms with Crippen LogP contribution in [0.4, 0.5) is 11.5 Å². The van der Waals surface area contributed by atoms with E-state index in [1.165, 1.54) is 6.33 Å². The number of ether oxygens (including phenoxy) is 1. The first kappa shape index (κ1) is 18.6. The lowest BCUT2D eigenvalue weighted by Crippen LogP contribution is -2.49. The Balaban J connectivity index is 1.33. The fourth-order valence-electron chi connectivity index (χ4n) is 3.88. The quantitative estimate of drug-likeness (QED) is 0.556. The molecule has 154 valence electrons. The summed E-state index contributed by atoms with van der Waals surface area (Å²) in [5.74, 6) is 0.575. The predicted octanol–water partition coefficient (Wildman–Crippen LogP) is 2.95. The number of nitrogens with zero attached hydrogens (tertiary/aromatic N) is 5. The van der Waals surface area contributed by atoms with Gasteiger partial charge in [0.25, 0.3) is 0 Å². The number of carbonyl (C=O) groups is 1. The van der Waals surface area contributed by atoms with Gasteiger partial charge in [0.2, 0.25) is 5.91 Å². The molecule has 1 fully saturated rings. The molecule has 2 atom stereocenters. The van der Waals surface area contributed by atoms with E-state index in [1.54, 1.807) is 17.1 Å². The van der Waals surface area contributed by atoms with E-state index in [1.807, 2.05) is 43.0 Å². The van der Waals surface area contributed by atoms with E-state index in [4.69, 9.17) is 9.15 Å². The van der Waals surface area contributed by atoms with E-state index in [-0.39, 0.29) is 24.7 Å². The van der Waals surface area contributed by atoms with E-state index in [2.05, 4.69) is 20.4 Å². The Labute approximate surface area is 172 Å². The zero-order chi connectivity index (χ0) is 20.7. The Morgan fingerprint density at radius 2 is 2.00 bits per heavy atom. The maximum Gasteiger partial charge on any atom is 0.244 e. The summed E-state index contributed by atoms with van der Waals surface area (Å²) in [6, 6.07) is 7.73. The van der Waals surface area contributed by atoms with E-state index < -0.39 is 0 Å². The average Bonchev–Trinajstić information content (AvgIpc) is 3.32. The number of para-hydroxylation sites is 1. The van der Waals surface area contributed by atoms with Crippen LogP contribution in [0.3, 0.4) is 0 Å². The predicted molar refractivity (Wildman–Crippen MR) is 111 cm³/mol. The fourth-order valence-corrected chi connectivity index (χ4v) is 3.88. The van der Waals surface area contributed by atoms with Gasteiger partial charge in [0.1, 0.15) is 24.0 Å². The second-order valence-electron chi connectivity index (χ2n) is 7.61. The molecule has 3 aromatic heterocycles. The smallest absolute Gasteiger partial charge is 0.244 e. The number of benzene rings is 1. The van der Waals surface area contributed by atoms with Gasteiger partial charge in [-0.25, -0.2) is 9.97 Å². The number of aromatic nitrogens is 4. The molecule has 2 unspecified atom stereocenters. The molecular weight excluding hydrogens is 384 g/mol. The van der Waals surface area contributed by atoms with Crippen LogP contribution >= 0.6 is 0 Å². The topological polar surface area (TPSA) is 98.3 Å². The second kappa shape index (κ2) is 7.42. The van der Waals surface area contributed by atoms with Gasteiger partial charge in [-0.15, -0.1) is 0 Å². The van der Waals surface area contributed by atoms with E-state index in [9.17, 15) is 4.79 Å². The summed E-state index contributed by atoms with van der Waals surface area (Å²) in [4.78, 5) is 23.2. The largest absolute Gasteiger partial charge is 0.450 e. The van der Waals surface area contributed by atoms with Gasteiger partial charge in [0.05, 0.1) is 24.1 Å². The van der Waals surface area contributed by atoms with Gasteiger partial charge < -0.3 is 19.4 Å². The van der Waals surface area contributed by atoms with Crippen molar-refractivity contribution >= 4 is 39.5 Å². The van der Waals surface area contributed by atoms with Crippen LogP contribution in [-0.2, 0) is 16.1 Å². The Morgan fingerprint density at radius 1 is 1.20 bits per heavy atom. The minimum absolute atomic E-state index is 0.0216. The van der Waals surface area contributed by atoms with Crippen LogP contribution in [0.5, 0.6) is 0 Å². The van der Waals surface area contributed by atoms with E-state index >= 15 is 0 Å². The summed E-state index contributed by atoms with van der Waals surface area (Å²) >= 11 is 0. The molecular formula is C21H22N6O3. The lowest BCUT2D eigenvalue weighted by molar-refractivity contribution is -0.144. The van der Waals surface area contributed by atoms with Crippen LogP contribution in [0.15, 0.2) is 47.4 Å². The van der Waals surface area contributed by atoms with Crippen LogP contribution in [0.25, 0.3) is 22.1 Å². The van der Waals surface area contributed by atoms with Gasteiger partial charge in [0, 0.05) is 24.7 Å². The van der Waals surface area contributed by atoms with E-state index in [0.717, 1.165) is 16.5 Å². The number of carbonyl (C=O) groups excluding carboxylic acids is 1. The number of anilines is 2. The van der Waals surface area contributed by atoms with Crippen molar-refractivity contribution in [3.63, 3.8) is 0 Å². The maximum absolute atomic E-state index is 12.7. The molecule has 1 aliphatic rings. The van der Waals surface area contributed by atoms with Crippen LogP contribution in [-0.4, -0.2) is 55.9 Å². The van der Waals surface area contributed by atoms with Gasteiger partial charge in [0.15, 0.2) is 11.4 Å². The number of rotatable bonds is 4. The Hall–Kier alpha value is -3.46. The number of fused-ring (bicyclic) bond motifs is 3. The highest BCUT2D eigenvalue weighted by Gasteiger charge is 2.26. The third kappa shape index (κ3) is 3.48. The van der Waals surface area contributed by atoms with Crippen molar-refractivity contribution in [2.24, 2.45) is 0 Å². The first-order chi connectivity index (χ1) is 14.6. The number of furan rings is 1. The summed E-state index contributed by atoms with van der Waals surface area (Å²) in [7, 11) is 0. The normalized spacial score (nSPS) is 19.5. The van der Waals surface area contributed by atoms with Gasteiger partial charge in [-0.2, -0.15) is 5.10 Å². The minimum atomic E-state index is 0.0216. The molecule has 4 aromatic rings. The molecule has 9 nitrogen and oxygen atoms in total. The third-order valence-electron chi connectivity index (χ3n) is 5.12. The monoisotopic (exact) mass is 406 g/mol. The van der Waals surface area contributed by atoms with E-state index in [0.29, 0.717) is 30.2 Å². The molecule has 0 saturated carbocycles. The van der Waals surface area contributed by atoms with Gasteiger partial charge in [-0.3, -0.25) is 9.48 Å². The Morgan fingerprint density at radius 3 is 2.83 bits per heavy atom. The molecule has 1 N–H and O–H groups in total. The molecule has 1 amide bonds. The number of hydrogen-bond donors (Lipinski definition) is 1. The molecule has 0 bridgehead atoms. The fraction of sp³-hybridized carbons (Fsp3) is 0.333. The standard InChI is InChI=1S/C21H22N6O3/c1-13-8-26(9-14(2)29-13)18(28)11-27-10-15(7-24-27)25-21-20-19(22-12-23-21)16-5-3-4-6-17(16)30-20/h3-7,10,12-14H,8-9,11H2,1-2H3,(H,22,23,25). The van der Waals surface area contributed by atoms with Crippen molar-refractivity contribution in [1.82, 2.24) is 24.6 Å². The summed E-state index contributed by atoms with van der Waals surface area (Å²) in [5, 5.41) is 8.47. The molecule has 30 heavy (non-hydrogen) atoms. The Bertz CT molecular complexity index is 1210. The highest BCUT2D eigenvalue weighted by atomic mass is 16.5. The van der Waals surface area contributed by atoms with Crippen molar-refractivity contribution < 1.29 is 13.9 Å². The lowest BCUT2D eigenvalue weighted by Gasteiger charge is -2.35. The highest BCUT2D eigenvalue weighted by molar-refractivity contribution is 6.05. The molecule has 0 aliphatic carbocycles. The second-order valence-corrected chi connectivity index (χ2v) is 7.61. The van der Waals surface area contributed by atoms with Crippen molar-refractivity contribution in [2.45, 2.75) is 32.6 Å². The summed E-state index contributed by atoms with van der Waals surface area (Å²) in [5.41, 5.74) is 2.80. The summed E-state index contributed by atoms with van der Waals surface area (Å²) in [6.45, 7) is 5.32. The van der Waals surface area contributed by atoms with Gasteiger partial charge in [-0.1, -0.05) is 12.1 Å². The number of hydrogen-bond acceptors (Lipinski definition) is 7. The average molecular weight is 406 g/mol. The first-order valence-corrected chi connectivity index (χ1v) is 9.92. The van der Waals surface area contributed by atoms with Crippen molar-refractivity contribution in [3.05, 3.63) is 43.0 Å². The van der Waals surface area contributed by atoms with Crippen molar-refractivity contribution in [1.29, 1.82) is 0 Å². The molecule has 9 heteroatoms. The summed E-state index contributed by atoms with van der Waals surface area (Å²) in [6.07, 6.45) is 5.02. The molecule has 1 aliphatic heterocycles. The molecule has 1 aromatic carbocycles. The molecule has 0 radical (unpaired) electrons. The third-order valence-corrected chi connectivity index (χ3v) is 5.12. The first-order valence-electron chi connectivity index (χ1n) is 9.92. The van der Waals surface area contributed by atoms with Crippen molar-refractivity contribution in [3.8, 4) is 0 Å². The molecule has 0 spiro atoms. The van der Waals surface area contributed by atoms with Gasteiger partial charge >= 0.3 is 0 Å². The van der Waals surface area contributed by atoms with Crippen LogP contribution in [0, 0.1) is 0 Å². The molecule has 1 saturated heterocycles.